The minimum absolute atomic E-state index is 0.104. The Morgan fingerprint density at radius 2 is 2.21 bits per heavy atom. The van der Waals surface area contributed by atoms with Gasteiger partial charge < -0.3 is 10.4 Å². The van der Waals surface area contributed by atoms with Crippen molar-refractivity contribution >= 4 is 17.5 Å². The van der Waals surface area contributed by atoms with Gasteiger partial charge in [0.15, 0.2) is 0 Å². The first kappa shape index (κ1) is 13.6. The van der Waals surface area contributed by atoms with Gasteiger partial charge in [0.1, 0.15) is 5.69 Å². The maximum absolute atomic E-state index is 12.0. The predicted molar refractivity (Wildman–Crippen MR) is 73.1 cm³/mol. The zero-order chi connectivity index (χ0) is 13.8. The molecule has 0 atom stereocenters. The number of hydrogen-bond donors (Lipinski definition) is 2. The average molecular weight is 280 g/mol. The molecule has 19 heavy (non-hydrogen) atoms. The Kier molecular flexibility index (Phi) is 4.19. The van der Waals surface area contributed by atoms with Crippen molar-refractivity contribution in [2.24, 2.45) is 7.05 Å². The summed E-state index contributed by atoms with van der Waals surface area (Å²) in [4.78, 5) is 12.0. The first-order valence-electron chi connectivity index (χ1n) is 5.81. The van der Waals surface area contributed by atoms with Crippen LogP contribution in [0.3, 0.4) is 0 Å². The van der Waals surface area contributed by atoms with Crippen LogP contribution in [0, 0.1) is 0 Å². The summed E-state index contributed by atoms with van der Waals surface area (Å²) in [7, 11) is 1.74. The van der Waals surface area contributed by atoms with Crippen molar-refractivity contribution in [3.05, 3.63) is 41.0 Å². The monoisotopic (exact) mass is 279 g/mol. The Balaban J connectivity index is 2.42. The van der Waals surface area contributed by atoms with Crippen molar-refractivity contribution in [1.82, 2.24) is 15.1 Å². The van der Waals surface area contributed by atoms with Gasteiger partial charge in [-0.15, -0.1) is 0 Å². The van der Waals surface area contributed by atoms with Crippen molar-refractivity contribution in [3.8, 4) is 11.3 Å². The summed E-state index contributed by atoms with van der Waals surface area (Å²) in [6, 6.07) is 7.22. The van der Waals surface area contributed by atoms with Crippen molar-refractivity contribution in [2.75, 3.05) is 13.2 Å². The van der Waals surface area contributed by atoms with Gasteiger partial charge in [0, 0.05) is 25.4 Å². The molecule has 1 aromatic heterocycles. The third kappa shape index (κ3) is 2.94. The van der Waals surface area contributed by atoms with Crippen LogP contribution in [0.25, 0.3) is 11.3 Å². The van der Waals surface area contributed by atoms with Gasteiger partial charge in [-0.2, -0.15) is 5.10 Å². The molecule has 0 aliphatic carbocycles. The molecular formula is C13H14ClN3O2. The van der Waals surface area contributed by atoms with E-state index in [1.54, 1.807) is 24.0 Å². The molecule has 1 heterocycles. The molecule has 0 spiro atoms. The quantitative estimate of drug-likeness (QED) is 0.890. The smallest absolute Gasteiger partial charge is 0.255 e. The topological polar surface area (TPSA) is 67.2 Å². The SMILES string of the molecule is Cn1cc(C(=O)NCCO)c(-c2ccccc2Cl)n1. The number of halogens is 1. The number of carbonyl (C=O) groups is 1. The zero-order valence-corrected chi connectivity index (χ0v) is 11.2. The molecule has 5 nitrogen and oxygen atoms in total. The molecule has 0 bridgehead atoms. The second-order valence-corrected chi connectivity index (χ2v) is 4.43. The molecule has 6 heteroatoms. The average Bonchev–Trinajstić information content (AvgIpc) is 2.78. The summed E-state index contributed by atoms with van der Waals surface area (Å²) < 4.78 is 1.56. The van der Waals surface area contributed by atoms with E-state index in [2.05, 4.69) is 10.4 Å². The van der Waals surface area contributed by atoms with E-state index >= 15 is 0 Å². The van der Waals surface area contributed by atoms with E-state index in [4.69, 9.17) is 16.7 Å². The molecule has 0 radical (unpaired) electrons. The fourth-order valence-corrected chi connectivity index (χ4v) is 2.00. The van der Waals surface area contributed by atoms with Gasteiger partial charge in [-0.1, -0.05) is 29.8 Å². The summed E-state index contributed by atoms with van der Waals surface area (Å²) in [6.45, 7) is 0.100. The largest absolute Gasteiger partial charge is 0.395 e. The summed E-state index contributed by atoms with van der Waals surface area (Å²) in [5.41, 5.74) is 1.67. The van der Waals surface area contributed by atoms with E-state index in [0.717, 1.165) is 0 Å². The van der Waals surface area contributed by atoms with Gasteiger partial charge >= 0.3 is 0 Å². The first-order valence-corrected chi connectivity index (χ1v) is 6.19. The van der Waals surface area contributed by atoms with Crippen LogP contribution in [0.4, 0.5) is 0 Å². The summed E-state index contributed by atoms with van der Waals surface area (Å²) in [6.07, 6.45) is 1.63. The maximum Gasteiger partial charge on any atom is 0.255 e. The molecule has 100 valence electrons. The minimum atomic E-state index is -0.280. The molecule has 2 rings (SSSR count). The van der Waals surface area contributed by atoms with Gasteiger partial charge in [0.2, 0.25) is 0 Å². The molecule has 0 aliphatic rings. The predicted octanol–water partition coefficient (Wildman–Crippen LogP) is 1.46. The normalized spacial score (nSPS) is 10.5. The van der Waals surface area contributed by atoms with Gasteiger partial charge in [-0.3, -0.25) is 9.48 Å². The number of aliphatic hydroxyl groups excluding tert-OH is 1. The van der Waals surface area contributed by atoms with Crippen molar-refractivity contribution in [1.29, 1.82) is 0 Å². The lowest BCUT2D eigenvalue weighted by Gasteiger charge is -2.05. The first-order chi connectivity index (χ1) is 9.13. The van der Waals surface area contributed by atoms with Gasteiger partial charge in [-0.25, -0.2) is 0 Å². The number of hydrogen-bond acceptors (Lipinski definition) is 3. The highest BCUT2D eigenvalue weighted by Gasteiger charge is 2.18. The Morgan fingerprint density at radius 1 is 1.47 bits per heavy atom. The molecule has 0 unspecified atom stereocenters. The van der Waals surface area contributed by atoms with Crippen molar-refractivity contribution in [3.63, 3.8) is 0 Å². The van der Waals surface area contributed by atoms with E-state index in [0.29, 0.717) is 21.8 Å². The van der Waals surface area contributed by atoms with Crippen LogP contribution in [-0.2, 0) is 7.05 Å². The van der Waals surface area contributed by atoms with Crippen LogP contribution in [0.15, 0.2) is 30.5 Å². The number of nitrogens with zero attached hydrogens (tertiary/aromatic N) is 2. The standard InChI is InChI=1S/C13H14ClN3O2/c1-17-8-10(13(19)15-6-7-18)12(16-17)9-4-2-3-5-11(9)14/h2-5,8,18H,6-7H2,1H3,(H,15,19). The second kappa shape index (κ2) is 5.86. The van der Waals surface area contributed by atoms with Crippen LogP contribution >= 0.6 is 11.6 Å². The number of rotatable bonds is 4. The van der Waals surface area contributed by atoms with Crippen LogP contribution in [0.1, 0.15) is 10.4 Å². The number of nitrogens with one attached hydrogen (secondary N) is 1. The molecule has 1 amide bonds. The molecule has 0 fully saturated rings. The maximum atomic E-state index is 12.0. The highest BCUT2D eigenvalue weighted by Crippen LogP contribution is 2.28. The fraction of sp³-hybridized carbons (Fsp3) is 0.231. The number of aryl methyl sites for hydroxylation is 1. The van der Waals surface area contributed by atoms with E-state index in [-0.39, 0.29) is 19.1 Å². The van der Waals surface area contributed by atoms with Crippen LogP contribution in [0.2, 0.25) is 5.02 Å². The third-order valence-corrected chi connectivity index (χ3v) is 2.93. The van der Waals surface area contributed by atoms with E-state index in [1.165, 1.54) is 0 Å². The molecule has 2 aromatic rings. The van der Waals surface area contributed by atoms with Crippen molar-refractivity contribution < 1.29 is 9.90 Å². The van der Waals surface area contributed by atoms with Gasteiger partial charge in [0.05, 0.1) is 17.2 Å². The number of aliphatic hydroxyl groups is 1. The molecule has 0 aliphatic heterocycles. The second-order valence-electron chi connectivity index (χ2n) is 4.02. The van der Waals surface area contributed by atoms with Crippen LogP contribution in [0.5, 0.6) is 0 Å². The Hall–Kier alpha value is -1.85. The summed E-state index contributed by atoms with van der Waals surface area (Å²) in [5, 5.41) is 16.2. The van der Waals surface area contributed by atoms with Crippen LogP contribution < -0.4 is 5.32 Å². The molecular weight excluding hydrogens is 266 g/mol. The van der Waals surface area contributed by atoms with E-state index < -0.39 is 0 Å². The van der Waals surface area contributed by atoms with Gasteiger partial charge in [0.25, 0.3) is 5.91 Å². The lowest BCUT2D eigenvalue weighted by Crippen LogP contribution is -2.26. The van der Waals surface area contributed by atoms with E-state index in [9.17, 15) is 4.79 Å². The zero-order valence-electron chi connectivity index (χ0n) is 10.4. The van der Waals surface area contributed by atoms with Crippen LogP contribution in [-0.4, -0.2) is 33.9 Å². The summed E-state index contributed by atoms with van der Waals surface area (Å²) >= 11 is 6.13. The highest BCUT2D eigenvalue weighted by atomic mass is 35.5. The van der Waals surface area contributed by atoms with Crippen molar-refractivity contribution in [2.45, 2.75) is 0 Å². The van der Waals surface area contributed by atoms with E-state index in [1.807, 2.05) is 18.2 Å². The highest BCUT2D eigenvalue weighted by molar-refractivity contribution is 6.33. The number of aromatic nitrogens is 2. The Morgan fingerprint density at radius 3 is 2.89 bits per heavy atom. The number of carbonyl (C=O) groups excluding carboxylic acids is 1. The molecule has 1 aromatic carbocycles. The molecule has 0 saturated carbocycles. The Bertz CT molecular complexity index is 595. The number of amides is 1. The fourth-order valence-electron chi connectivity index (χ4n) is 1.77. The minimum Gasteiger partial charge on any atom is -0.395 e. The van der Waals surface area contributed by atoms with Gasteiger partial charge in [-0.05, 0) is 6.07 Å². The molecule has 0 saturated heterocycles. The lowest BCUT2D eigenvalue weighted by atomic mass is 10.1. The Labute approximate surface area is 115 Å². The molecule has 2 N–H and O–H groups in total. The third-order valence-electron chi connectivity index (χ3n) is 2.60. The number of benzene rings is 1. The summed E-state index contributed by atoms with van der Waals surface area (Å²) in [5.74, 6) is -0.280. The lowest BCUT2D eigenvalue weighted by molar-refractivity contribution is 0.0945.